The molecule has 0 saturated heterocycles. The van der Waals surface area contributed by atoms with E-state index in [0.717, 1.165) is 24.6 Å². The normalized spacial score (nSPS) is 13.6. The van der Waals surface area contributed by atoms with Gasteiger partial charge in [-0.15, -0.1) is 0 Å². The van der Waals surface area contributed by atoms with Crippen molar-refractivity contribution < 1.29 is 18.4 Å². The number of pyridine rings is 1. The first-order valence-electron chi connectivity index (χ1n) is 7.85. The predicted molar refractivity (Wildman–Crippen MR) is 90.1 cm³/mol. The minimum Gasteiger partial charge on any atom is -0.351 e. The van der Waals surface area contributed by atoms with E-state index in [1.807, 2.05) is 0 Å². The number of aryl methyl sites for hydroxylation is 1. The zero-order valence-electron chi connectivity index (χ0n) is 13.6. The predicted octanol–water partition coefficient (Wildman–Crippen LogP) is 2.28. The van der Waals surface area contributed by atoms with Crippen LogP contribution in [-0.2, 0) is 4.84 Å². The molecule has 0 atom stereocenters. The Balaban J connectivity index is 1.86. The number of amides is 1. The van der Waals surface area contributed by atoms with Gasteiger partial charge < -0.3 is 5.32 Å². The molecular weight excluding hydrogens is 327 g/mol. The van der Waals surface area contributed by atoms with E-state index in [1.165, 1.54) is 6.20 Å². The third-order valence-corrected chi connectivity index (χ3v) is 3.84. The number of benzene rings is 1. The van der Waals surface area contributed by atoms with Gasteiger partial charge in [-0.05, 0) is 37.8 Å². The Kier molecular flexibility index (Phi) is 4.99. The molecule has 128 valence electrons. The van der Waals surface area contributed by atoms with Gasteiger partial charge in [0.15, 0.2) is 11.6 Å². The highest BCUT2D eigenvalue weighted by atomic mass is 19.2. The van der Waals surface area contributed by atoms with Crippen molar-refractivity contribution in [1.29, 1.82) is 0 Å². The van der Waals surface area contributed by atoms with Crippen molar-refractivity contribution in [3.8, 4) is 0 Å². The van der Waals surface area contributed by atoms with Crippen LogP contribution in [-0.4, -0.2) is 25.3 Å². The minimum absolute atomic E-state index is 0.159. The van der Waals surface area contributed by atoms with E-state index in [9.17, 15) is 13.6 Å². The van der Waals surface area contributed by atoms with Crippen LogP contribution in [0.15, 0.2) is 24.4 Å². The summed E-state index contributed by atoms with van der Waals surface area (Å²) in [7, 11) is 5.45. The molecule has 1 aliphatic rings. The molecule has 1 saturated carbocycles. The van der Waals surface area contributed by atoms with Gasteiger partial charge in [0.2, 0.25) is 0 Å². The molecule has 2 aromatic rings. The third kappa shape index (κ3) is 4.14. The molecule has 3 rings (SSSR count). The van der Waals surface area contributed by atoms with E-state index < -0.39 is 23.0 Å². The summed E-state index contributed by atoms with van der Waals surface area (Å²) in [5, 5.41) is 2.68. The number of aromatic nitrogens is 1. The quantitative estimate of drug-likeness (QED) is 0.624. The van der Waals surface area contributed by atoms with E-state index in [1.54, 1.807) is 19.1 Å². The molecule has 2 N–H and O–H groups in total. The Bertz CT molecular complexity index is 795. The van der Waals surface area contributed by atoms with Gasteiger partial charge in [-0.1, -0.05) is 11.5 Å². The average Bonchev–Trinajstić information content (AvgIpc) is 3.41. The highest BCUT2D eigenvalue weighted by molar-refractivity contribution is 6.33. The molecule has 1 aromatic carbocycles. The molecule has 1 fully saturated rings. The highest BCUT2D eigenvalue weighted by Gasteiger charge is 2.24. The molecule has 25 heavy (non-hydrogen) atoms. The van der Waals surface area contributed by atoms with Crippen molar-refractivity contribution in [2.24, 2.45) is 5.92 Å². The van der Waals surface area contributed by atoms with Crippen LogP contribution in [0.3, 0.4) is 0 Å². The number of hydrogen-bond donors (Lipinski definition) is 2. The second-order valence-electron chi connectivity index (χ2n) is 6.02. The SMILES string of the molecule is [B]c1cc(C(=O)NOCC2CC2)c(Nc2ccc(C)nc2)c(F)c1F. The minimum atomic E-state index is -1.24. The molecule has 1 amide bonds. The molecular formula is C17H16BF2N3O2. The first-order valence-corrected chi connectivity index (χ1v) is 7.85. The molecule has 0 aliphatic heterocycles. The number of nitrogens with zero attached hydrogens (tertiary/aromatic N) is 1. The molecule has 0 bridgehead atoms. The first kappa shape index (κ1) is 17.4. The van der Waals surface area contributed by atoms with Crippen LogP contribution < -0.4 is 16.3 Å². The van der Waals surface area contributed by atoms with Gasteiger partial charge in [0.05, 0.1) is 29.7 Å². The van der Waals surface area contributed by atoms with Gasteiger partial charge in [-0.25, -0.2) is 14.3 Å². The molecule has 5 nitrogen and oxygen atoms in total. The molecule has 0 spiro atoms. The van der Waals surface area contributed by atoms with Gasteiger partial charge in [0.1, 0.15) is 7.85 Å². The Hall–Kier alpha value is -2.48. The standard InChI is InChI=1S/C17H16BF2N3O2/c1-9-2-5-11(7-21-9)22-16-12(6-13(18)14(19)15(16)20)17(24)23-25-8-10-3-4-10/h2,5-7,10,22H,3-4,8H2,1H3,(H,23,24). The maximum Gasteiger partial charge on any atom is 0.277 e. The van der Waals surface area contributed by atoms with Crippen LogP contribution in [0.5, 0.6) is 0 Å². The lowest BCUT2D eigenvalue weighted by Crippen LogP contribution is -2.28. The second kappa shape index (κ2) is 7.19. The summed E-state index contributed by atoms with van der Waals surface area (Å²) in [6.07, 6.45) is 3.57. The Morgan fingerprint density at radius 3 is 2.76 bits per heavy atom. The summed E-state index contributed by atoms with van der Waals surface area (Å²) in [4.78, 5) is 21.5. The smallest absolute Gasteiger partial charge is 0.277 e. The first-order chi connectivity index (χ1) is 12.0. The summed E-state index contributed by atoms with van der Waals surface area (Å²) in [6.45, 7) is 2.18. The van der Waals surface area contributed by atoms with E-state index in [-0.39, 0.29) is 11.3 Å². The average molecular weight is 343 g/mol. The number of halogens is 2. The number of hydroxylamine groups is 1. The van der Waals surface area contributed by atoms with Gasteiger partial charge in [0.25, 0.3) is 5.91 Å². The van der Waals surface area contributed by atoms with Crippen molar-refractivity contribution in [2.45, 2.75) is 19.8 Å². The molecule has 1 heterocycles. The fourth-order valence-electron chi connectivity index (χ4n) is 2.20. The number of rotatable bonds is 6. The van der Waals surface area contributed by atoms with Crippen LogP contribution in [0.4, 0.5) is 20.2 Å². The summed E-state index contributed by atoms with van der Waals surface area (Å²) in [5.74, 6) is -2.74. The van der Waals surface area contributed by atoms with Crippen molar-refractivity contribution >= 4 is 30.6 Å². The number of hydrogen-bond acceptors (Lipinski definition) is 4. The molecule has 8 heteroatoms. The molecule has 0 unspecified atom stereocenters. The monoisotopic (exact) mass is 343 g/mol. The summed E-state index contributed by atoms with van der Waals surface area (Å²) < 4.78 is 28.2. The number of carbonyl (C=O) groups is 1. The fourth-order valence-corrected chi connectivity index (χ4v) is 2.20. The fraction of sp³-hybridized carbons (Fsp3) is 0.294. The van der Waals surface area contributed by atoms with Gasteiger partial charge in [-0.2, -0.15) is 0 Å². The summed E-state index contributed by atoms with van der Waals surface area (Å²) in [6, 6.07) is 4.41. The lowest BCUT2D eigenvalue weighted by atomic mass is 9.92. The Morgan fingerprint density at radius 1 is 1.36 bits per heavy atom. The highest BCUT2D eigenvalue weighted by Crippen LogP contribution is 2.29. The third-order valence-electron chi connectivity index (χ3n) is 3.84. The van der Waals surface area contributed by atoms with Crippen molar-refractivity contribution in [2.75, 3.05) is 11.9 Å². The van der Waals surface area contributed by atoms with Crippen LogP contribution in [0.1, 0.15) is 28.9 Å². The summed E-state index contributed by atoms with van der Waals surface area (Å²) >= 11 is 0. The van der Waals surface area contributed by atoms with E-state index >= 15 is 0 Å². The lowest BCUT2D eigenvalue weighted by Gasteiger charge is -2.15. The van der Waals surface area contributed by atoms with Crippen LogP contribution in [0.25, 0.3) is 0 Å². The van der Waals surface area contributed by atoms with E-state index in [4.69, 9.17) is 12.7 Å². The number of nitrogens with one attached hydrogen (secondary N) is 2. The van der Waals surface area contributed by atoms with E-state index in [2.05, 4.69) is 15.8 Å². The number of anilines is 2. The maximum absolute atomic E-state index is 14.3. The molecule has 2 radical (unpaired) electrons. The second-order valence-corrected chi connectivity index (χ2v) is 6.02. The Labute approximate surface area is 145 Å². The van der Waals surface area contributed by atoms with Crippen molar-refractivity contribution in [1.82, 2.24) is 10.5 Å². The zero-order chi connectivity index (χ0) is 18.0. The van der Waals surface area contributed by atoms with Crippen molar-refractivity contribution in [3.05, 3.63) is 47.3 Å². The lowest BCUT2D eigenvalue weighted by molar-refractivity contribution is 0.0271. The van der Waals surface area contributed by atoms with Gasteiger partial charge in [-0.3, -0.25) is 14.6 Å². The van der Waals surface area contributed by atoms with Crippen LogP contribution in [0.2, 0.25) is 0 Å². The maximum atomic E-state index is 14.3. The topological polar surface area (TPSA) is 63.2 Å². The van der Waals surface area contributed by atoms with Crippen molar-refractivity contribution in [3.63, 3.8) is 0 Å². The molecule has 1 aliphatic carbocycles. The largest absolute Gasteiger partial charge is 0.351 e. The summed E-state index contributed by atoms with van der Waals surface area (Å²) in [5.41, 5.74) is 2.46. The van der Waals surface area contributed by atoms with Gasteiger partial charge in [0, 0.05) is 5.69 Å². The Morgan fingerprint density at radius 2 is 2.12 bits per heavy atom. The van der Waals surface area contributed by atoms with E-state index in [0.29, 0.717) is 18.2 Å². The zero-order valence-corrected chi connectivity index (χ0v) is 13.6. The van der Waals surface area contributed by atoms with Crippen LogP contribution in [0, 0.1) is 24.5 Å². The van der Waals surface area contributed by atoms with Gasteiger partial charge >= 0.3 is 0 Å². The van der Waals surface area contributed by atoms with Crippen LogP contribution >= 0.6 is 0 Å². The number of carbonyl (C=O) groups excluding carboxylic acids is 1. The molecule has 1 aromatic heterocycles.